The summed E-state index contributed by atoms with van der Waals surface area (Å²) in [6.07, 6.45) is 0.978. The van der Waals surface area contributed by atoms with Crippen LogP contribution in [0, 0.1) is 0 Å². The Labute approximate surface area is 201 Å². The van der Waals surface area contributed by atoms with Gasteiger partial charge >= 0.3 is 11.9 Å². The van der Waals surface area contributed by atoms with E-state index < -0.39 is 31.5 Å². The Balaban J connectivity index is 2.40. The summed E-state index contributed by atoms with van der Waals surface area (Å²) in [7, 11) is -3.80. The van der Waals surface area contributed by atoms with Gasteiger partial charge in [-0.2, -0.15) is 0 Å². The zero-order chi connectivity index (χ0) is 24.6. The standard InChI is InChI=1S/C20H31N4O6PS2/c1-6-11-32-19-16(22-20(21)33-19)14-9-10-15(30-14)31(27,23-12(4)17(25)28-7-2)24-13(5)18(26)29-8-3/h9-10,12-13H,6-8,11H2,1-5H3,(H2,21,22)(H2,23,24,27)/t12-,13-/m0/s1. The molecule has 0 aliphatic rings. The van der Waals surface area contributed by atoms with Gasteiger partial charge in [0.05, 0.1) is 17.4 Å². The van der Waals surface area contributed by atoms with Gasteiger partial charge in [0.2, 0.25) is 0 Å². The van der Waals surface area contributed by atoms with E-state index in [1.807, 2.05) is 0 Å². The number of nitrogens with one attached hydrogen (secondary N) is 2. The van der Waals surface area contributed by atoms with Gasteiger partial charge in [-0.1, -0.05) is 18.3 Å². The molecule has 0 aliphatic carbocycles. The fraction of sp³-hybridized carbons (Fsp3) is 0.550. The van der Waals surface area contributed by atoms with Crippen molar-refractivity contribution < 1.29 is 28.0 Å². The predicted octanol–water partition coefficient (Wildman–Crippen LogP) is 3.39. The van der Waals surface area contributed by atoms with E-state index in [0.29, 0.717) is 16.6 Å². The van der Waals surface area contributed by atoms with E-state index in [4.69, 9.17) is 19.6 Å². The molecule has 0 amide bonds. The van der Waals surface area contributed by atoms with Crippen molar-refractivity contribution in [3.63, 3.8) is 0 Å². The number of anilines is 1. The number of hydrogen-bond acceptors (Lipinski definition) is 10. The number of furan rings is 1. The number of rotatable bonds is 13. The molecule has 0 unspecified atom stereocenters. The van der Waals surface area contributed by atoms with Gasteiger partial charge in [-0.05, 0) is 52.0 Å². The van der Waals surface area contributed by atoms with Gasteiger partial charge in [0, 0.05) is 0 Å². The van der Waals surface area contributed by atoms with Gasteiger partial charge in [0.15, 0.2) is 16.4 Å². The lowest BCUT2D eigenvalue weighted by molar-refractivity contribution is -0.145. The summed E-state index contributed by atoms with van der Waals surface area (Å²) in [5.74, 6) is 0.104. The highest BCUT2D eigenvalue weighted by Gasteiger charge is 2.36. The average Bonchev–Trinajstić information content (AvgIpc) is 3.39. The molecule has 0 saturated heterocycles. The summed E-state index contributed by atoms with van der Waals surface area (Å²) in [6.45, 7) is 8.82. The van der Waals surface area contributed by atoms with Crippen molar-refractivity contribution in [3.05, 3.63) is 12.1 Å². The smallest absolute Gasteiger partial charge is 0.323 e. The van der Waals surface area contributed by atoms with Crippen molar-refractivity contribution in [2.75, 3.05) is 24.7 Å². The molecule has 0 radical (unpaired) electrons. The molecule has 2 aromatic rings. The molecule has 33 heavy (non-hydrogen) atoms. The van der Waals surface area contributed by atoms with Crippen LogP contribution in [0.25, 0.3) is 11.5 Å². The van der Waals surface area contributed by atoms with Gasteiger partial charge in [-0.15, -0.1) is 11.8 Å². The van der Waals surface area contributed by atoms with E-state index in [2.05, 4.69) is 22.1 Å². The Bertz CT molecular complexity index is 965. The minimum absolute atomic E-state index is 0.0304. The Morgan fingerprint density at radius 1 is 1.15 bits per heavy atom. The predicted molar refractivity (Wildman–Crippen MR) is 131 cm³/mol. The minimum Gasteiger partial charge on any atom is -0.465 e. The molecular weight excluding hydrogens is 487 g/mol. The van der Waals surface area contributed by atoms with E-state index >= 15 is 0 Å². The highest BCUT2D eigenvalue weighted by atomic mass is 32.2. The SMILES string of the molecule is CCCSc1sc(N)nc1-c1ccc(P(=O)(N[C@@H](C)C(=O)OCC)N[C@@H](C)C(=O)OCC)o1. The van der Waals surface area contributed by atoms with Crippen LogP contribution in [0.5, 0.6) is 0 Å². The molecule has 0 saturated carbocycles. The molecular formula is C20H31N4O6PS2. The third-order valence-corrected chi connectivity index (χ3v) is 8.93. The second kappa shape index (κ2) is 12.6. The maximum atomic E-state index is 14.0. The van der Waals surface area contributed by atoms with Crippen LogP contribution in [0.3, 0.4) is 0 Å². The van der Waals surface area contributed by atoms with Crippen molar-refractivity contribution >= 4 is 53.1 Å². The van der Waals surface area contributed by atoms with E-state index in [-0.39, 0.29) is 18.7 Å². The molecule has 184 valence electrons. The number of carbonyl (C=O) groups excluding carboxylic acids is 2. The fourth-order valence-corrected chi connectivity index (χ4v) is 6.87. The first-order chi connectivity index (χ1) is 15.6. The quantitative estimate of drug-likeness (QED) is 0.204. The number of nitrogen functional groups attached to an aromatic ring is 1. The Morgan fingerprint density at radius 2 is 1.73 bits per heavy atom. The molecule has 0 bridgehead atoms. The molecule has 2 heterocycles. The number of ether oxygens (including phenoxy) is 2. The number of thiazole rings is 1. The molecule has 4 N–H and O–H groups in total. The van der Waals surface area contributed by atoms with Crippen LogP contribution < -0.4 is 21.4 Å². The summed E-state index contributed by atoms with van der Waals surface area (Å²) in [5, 5.41) is 5.92. The Hall–Kier alpha value is -1.85. The van der Waals surface area contributed by atoms with Crippen LogP contribution in [-0.2, 0) is 23.6 Å². The maximum absolute atomic E-state index is 14.0. The molecule has 0 spiro atoms. The van der Waals surface area contributed by atoms with E-state index in [0.717, 1.165) is 16.4 Å². The Morgan fingerprint density at radius 3 is 2.24 bits per heavy atom. The molecule has 0 aromatic carbocycles. The van der Waals surface area contributed by atoms with Crippen molar-refractivity contribution in [3.8, 4) is 11.5 Å². The lowest BCUT2D eigenvalue weighted by Crippen LogP contribution is -2.44. The largest absolute Gasteiger partial charge is 0.465 e. The highest BCUT2D eigenvalue weighted by molar-refractivity contribution is 8.01. The topological polar surface area (TPSA) is 146 Å². The van der Waals surface area contributed by atoms with Gasteiger partial charge in [0.1, 0.15) is 17.8 Å². The van der Waals surface area contributed by atoms with E-state index in [1.54, 1.807) is 31.7 Å². The zero-order valence-electron chi connectivity index (χ0n) is 19.4. The van der Waals surface area contributed by atoms with E-state index in [1.165, 1.54) is 31.3 Å². The molecule has 2 aromatic heterocycles. The van der Waals surface area contributed by atoms with Crippen LogP contribution in [0.4, 0.5) is 5.13 Å². The number of nitrogens with two attached hydrogens (primary N) is 1. The highest BCUT2D eigenvalue weighted by Crippen LogP contribution is 2.41. The van der Waals surface area contributed by atoms with Crippen LogP contribution in [0.1, 0.15) is 41.0 Å². The summed E-state index contributed by atoms with van der Waals surface area (Å²) in [4.78, 5) is 28.7. The monoisotopic (exact) mass is 518 g/mol. The summed E-state index contributed by atoms with van der Waals surface area (Å²) in [6, 6.07) is 1.30. The number of thioether (sulfide) groups is 1. The van der Waals surface area contributed by atoms with Crippen molar-refractivity contribution in [1.29, 1.82) is 0 Å². The summed E-state index contributed by atoms with van der Waals surface area (Å²) < 4.78 is 30.8. The van der Waals surface area contributed by atoms with Crippen molar-refractivity contribution in [1.82, 2.24) is 15.2 Å². The third-order valence-electron chi connectivity index (χ3n) is 4.22. The molecule has 13 heteroatoms. The Kier molecular flexibility index (Phi) is 10.4. The van der Waals surface area contributed by atoms with Gasteiger partial charge < -0.3 is 19.6 Å². The number of aromatic nitrogens is 1. The van der Waals surface area contributed by atoms with Crippen LogP contribution in [0.15, 0.2) is 20.8 Å². The number of carbonyl (C=O) groups is 2. The third kappa shape index (κ3) is 7.31. The molecule has 2 atom stereocenters. The minimum atomic E-state index is -3.80. The van der Waals surface area contributed by atoms with Crippen molar-refractivity contribution in [2.45, 2.75) is 57.3 Å². The van der Waals surface area contributed by atoms with E-state index in [9.17, 15) is 14.2 Å². The first-order valence-electron chi connectivity index (χ1n) is 10.6. The molecule has 0 aliphatic heterocycles. The molecule has 10 nitrogen and oxygen atoms in total. The summed E-state index contributed by atoms with van der Waals surface area (Å²) in [5.41, 5.74) is 6.50. The maximum Gasteiger partial charge on any atom is 0.323 e. The van der Waals surface area contributed by atoms with Crippen molar-refractivity contribution in [2.24, 2.45) is 0 Å². The molecule has 0 fully saturated rings. The van der Waals surface area contributed by atoms with Gasteiger partial charge in [-0.25, -0.2) is 15.2 Å². The zero-order valence-corrected chi connectivity index (χ0v) is 21.9. The average molecular weight is 519 g/mol. The number of hydrogen-bond donors (Lipinski definition) is 3. The fourth-order valence-electron chi connectivity index (χ4n) is 2.74. The molecule has 2 rings (SSSR count). The normalized spacial score (nSPS) is 13.5. The van der Waals surface area contributed by atoms with Gasteiger partial charge in [0.25, 0.3) is 7.44 Å². The van der Waals surface area contributed by atoms with Crippen LogP contribution in [-0.4, -0.2) is 48.0 Å². The first-order valence-corrected chi connectivity index (χ1v) is 14.1. The lowest BCUT2D eigenvalue weighted by atomic mass is 10.4. The summed E-state index contributed by atoms with van der Waals surface area (Å²) >= 11 is 2.97. The second-order valence-electron chi connectivity index (χ2n) is 6.99. The van der Waals surface area contributed by atoms with Crippen LogP contribution in [0.2, 0.25) is 0 Å². The second-order valence-corrected chi connectivity index (χ2v) is 11.6. The number of esters is 2. The lowest BCUT2D eigenvalue weighted by Gasteiger charge is -2.24. The van der Waals surface area contributed by atoms with Crippen LogP contribution >= 0.6 is 30.5 Å². The van der Waals surface area contributed by atoms with Gasteiger partial charge in [-0.3, -0.25) is 14.2 Å². The number of nitrogens with zero attached hydrogens (tertiary/aromatic N) is 1. The first kappa shape index (κ1) is 27.4.